The Morgan fingerprint density at radius 3 is 1.94 bits per heavy atom. The van der Waals surface area contributed by atoms with Gasteiger partial charge in [0.25, 0.3) is 0 Å². The summed E-state index contributed by atoms with van der Waals surface area (Å²) < 4.78 is 0. The van der Waals surface area contributed by atoms with Crippen molar-refractivity contribution in [1.82, 2.24) is 0 Å². The van der Waals surface area contributed by atoms with Gasteiger partial charge in [0.2, 0.25) is 0 Å². The highest BCUT2D eigenvalue weighted by Crippen LogP contribution is 2.08. The molecule has 0 bridgehead atoms. The topological polar surface area (TPSA) is 138 Å². The van der Waals surface area contributed by atoms with Gasteiger partial charge in [-0.1, -0.05) is 0 Å². The molecule has 96 valence electrons. The number of aliphatic hydroxyl groups excluding tert-OH is 6. The van der Waals surface area contributed by atoms with Gasteiger partial charge in [-0.25, -0.2) is 0 Å². The quantitative estimate of drug-likeness (QED) is 0.274. The summed E-state index contributed by atoms with van der Waals surface area (Å²) in [6.45, 7) is 0.519. The fourth-order valence-electron chi connectivity index (χ4n) is 1.12. The molecule has 5 atom stereocenters. The van der Waals surface area contributed by atoms with Gasteiger partial charge in [-0.05, 0) is 6.92 Å². The van der Waals surface area contributed by atoms with Crippen molar-refractivity contribution in [2.24, 2.45) is 0 Å². The summed E-state index contributed by atoms with van der Waals surface area (Å²) in [5, 5.41) is 54.1. The first-order valence-electron chi connectivity index (χ1n) is 4.85. The highest BCUT2D eigenvalue weighted by molar-refractivity contribution is 5.83. The lowest BCUT2D eigenvalue weighted by Crippen LogP contribution is -2.49. The van der Waals surface area contributed by atoms with Crippen LogP contribution in [0.2, 0.25) is 0 Å². The molecule has 7 nitrogen and oxygen atoms in total. The number of hydrogen-bond donors (Lipinski definition) is 6. The number of hydrogen-bond acceptors (Lipinski definition) is 7. The molecule has 7 heteroatoms. The van der Waals surface area contributed by atoms with Crippen LogP contribution in [0.5, 0.6) is 0 Å². The fourth-order valence-corrected chi connectivity index (χ4v) is 1.12. The molecular weight excluding hydrogens is 220 g/mol. The third kappa shape index (κ3) is 4.52. The van der Waals surface area contributed by atoms with Crippen molar-refractivity contribution in [1.29, 1.82) is 0 Å². The Kier molecular flexibility index (Phi) is 6.65. The van der Waals surface area contributed by atoms with Crippen LogP contribution in [0.1, 0.15) is 13.3 Å². The van der Waals surface area contributed by atoms with Crippen LogP contribution < -0.4 is 0 Å². The minimum Gasteiger partial charge on any atom is -0.394 e. The third-order valence-corrected chi connectivity index (χ3v) is 2.08. The molecule has 0 aliphatic rings. The van der Waals surface area contributed by atoms with Gasteiger partial charge in [-0.3, -0.25) is 4.79 Å². The van der Waals surface area contributed by atoms with Crippen molar-refractivity contribution < 1.29 is 35.4 Å². The molecule has 0 spiro atoms. The predicted molar refractivity (Wildman–Crippen MR) is 52.4 cm³/mol. The Morgan fingerprint density at radius 2 is 1.56 bits per heavy atom. The maximum atomic E-state index is 11.2. The van der Waals surface area contributed by atoms with E-state index in [9.17, 15) is 20.1 Å². The average Bonchev–Trinajstić information content (AvgIpc) is 2.23. The first-order valence-corrected chi connectivity index (χ1v) is 4.85. The molecule has 0 heterocycles. The van der Waals surface area contributed by atoms with E-state index in [1.807, 2.05) is 0 Å². The molecule has 0 saturated heterocycles. The van der Waals surface area contributed by atoms with Crippen LogP contribution >= 0.6 is 0 Å². The highest BCUT2D eigenvalue weighted by Gasteiger charge is 2.34. The molecule has 0 rings (SSSR count). The minimum atomic E-state index is -1.91. The second kappa shape index (κ2) is 6.89. The summed E-state index contributed by atoms with van der Waals surface area (Å²) in [6, 6.07) is 0. The molecule has 1 unspecified atom stereocenters. The van der Waals surface area contributed by atoms with E-state index in [4.69, 9.17) is 15.3 Å². The second-order valence-electron chi connectivity index (χ2n) is 3.70. The van der Waals surface area contributed by atoms with Crippen LogP contribution in [0, 0.1) is 0 Å². The van der Waals surface area contributed by atoms with Gasteiger partial charge in [0.15, 0.2) is 5.78 Å². The first kappa shape index (κ1) is 15.4. The minimum absolute atomic E-state index is 0.375. The Hall–Kier alpha value is -0.570. The van der Waals surface area contributed by atoms with Crippen LogP contribution in [0.25, 0.3) is 0 Å². The summed E-state index contributed by atoms with van der Waals surface area (Å²) in [7, 11) is 0. The molecule has 16 heavy (non-hydrogen) atoms. The molecule has 0 aromatic carbocycles. The van der Waals surface area contributed by atoms with Crippen molar-refractivity contribution in [3.05, 3.63) is 0 Å². The van der Waals surface area contributed by atoms with E-state index in [1.54, 1.807) is 0 Å². The molecule has 0 aliphatic carbocycles. The molecular formula is C9H18O7. The van der Waals surface area contributed by atoms with Crippen LogP contribution in [0.3, 0.4) is 0 Å². The summed E-state index contributed by atoms with van der Waals surface area (Å²) in [5.74, 6) is -0.855. The monoisotopic (exact) mass is 238 g/mol. The Morgan fingerprint density at radius 1 is 1.06 bits per heavy atom. The number of rotatable bonds is 7. The molecule has 0 saturated carbocycles. The molecule has 0 aromatic rings. The van der Waals surface area contributed by atoms with E-state index >= 15 is 0 Å². The molecule has 0 aromatic heterocycles. The summed E-state index contributed by atoms with van der Waals surface area (Å²) >= 11 is 0. The first-order chi connectivity index (χ1) is 7.31. The molecule has 0 fully saturated rings. The van der Waals surface area contributed by atoms with Crippen molar-refractivity contribution in [3.63, 3.8) is 0 Å². The van der Waals surface area contributed by atoms with Crippen LogP contribution in [-0.2, 0) is 4.79 Å². The van der Waals surface area contributed by atoms with Gasteiger partial charge in [0, 0.05) is 6.42 Å². The Labute approximate surface area is 92.6 Å². The maximum absolute atomic E-state index is 11.2. The lowest BCUT2D eigenvalue weighted by atomic mass is 9.98. The zero-order valence-electron chi connectivity index (χ0n) is 8.89. The normalized spacial score (nSPS) is 20.9. The van der Waals surface area contributed by atoms with Crippen molar-refractivity contribution in [2.75, 3.05) is 6.61 Å². The highest BCUT2D eigenvalue weighted by atomic mass is 16.4. The van der Waals surface area contributed by atoms with Gasteiger partial charge >= 0.3 is 0 Å². The van der Waals surface area contributed by atoms with Gasteiger partial charge in [-0.15, -0.1) is 0 Å². The Bertz CT molecular complexity index is 218. The molecule has 6 N–H and O–H groups in total. The lowest BCUT2D eigenvalue weighted by Gasteiger charge is -2.25. The predicted octanol–water partition coefficient (Wildman–Crippen LogP) is -3.24. The van der Waals surface area contributed by atoms with Crippen LogP contribution in [0.4, 0.5) is 0 Å². The summed E-state index contributed by atoms with van der Waals surface area (Å²) in [5.41, 5.74) is 0. The molecule has 0 radical (unpaired) electrons. The number of carbonyl (C=O) groups is 1. The van der Waals surface area contributed by atoms with E-state index in [1.165, 1.54) is 6.92 Å². The van der Waals surface area contributed by atoms with Crippen molar-refractivity contribution >= 4 is 5.78 Å². The van der Waals surface area contributed by atoms with Gasteiger partial charge < -0.3 is 30.6 Å². The van der Waals surface area contributed by atoms with E-state index in [0.717, 1.165) is 0 Å². The second-order valence-corrected chi connectivity index (χ2v) is 3.70. The van der Waals surface area contributed by atoms with E-state index in [-0.39, 0.29) is 6.42 Å². The van der Waals surface area contributed by atoms with Crippen LogP contribution in [0.15, 0.2) is 0 Å². The van der Waals surface area contributed by atoms with Gasteiger partial charge in [0.05, 0.1) is 12.7 Å². The SMILES string of the molecule is CC(O)CC(=O)[C@H](O)[C@@H](O)[C@H](O)[C@H](O)CO. The Balaban J connectivity index is 4.36. The number of aliphatic hydroxyl groups is 6. The standard InChI is InChI=1S/C9H18O7/c1-4(11)2-5(12)7(14)9(16)8(15)6(13)3-10/h4,6-11,13-16H,2-3H2,1H3/t4?,6-,7+,8-,9-/m1/s1. The smallest absolute Gasteiger partial charge is 0.166 e. The van der Waals surface area contributed by atoms with Crippen molar-refractivity contribution in [2.45, 2.75) is 43.9 Å². The fraction of sp³-hybridized carbons (Fsp3) is 0.889. The molecule has 0 aliphatic heterocycles. The van der Waals surface area contributed by atoms with E-state index < -0.39 is 42.9 Å². The number of ketones is 1. The summed E-state index contributed by atoms with van der Waals surface area (Å²) in [6.07, 6.45) is -8.66. The van der Waals surface area contributed by atoms with E-state index in [2.05, 4.69) is 0 Å². The van der Waals surface area contributed by atoms with Crippen molar-refractivity contribution in [3.8, 4) is 0 Å². The zero-order valence-corrected chi connectivity index (χ0v) is 8.89. The average molecular weight is 238 g/mol. The lowest BCUT2D eigenvalue weighted by molar-refractivity contribution is -0.148. The van der Waals surface area contributed by atoms with Gasteiger partial charge in [-0.2, -0.15) is 0 Å². The maximum Gasteiger partial charge on any atom is 0.166 e. The number of carbonyl (C=O) groups excluding carboxylic acids is 1. The summed E-state index contributed by atoms with van der Waals surface area (Å²) in [4.78, 5) is 11.2. The zero-order chi connectivity index (χ0) is 12.9. The molecule has 0 amide bonds. The van der Waals surface area contributed by atoms with Gasteiger partial charge in [0.1, 0.15) is 24.4 Å². The van der Waals surface area contributed by atoms with Crippen LogP contribution in [-0.4, -0.2) is 73.5 Å². The van der Waals surface area contributed by atoms with E-state index in [0.29, 0.717) is 0 Å². The number of Topliss-reactive ketones (excluding diaryl/α,β-unsaturated/α-hetero) is 1. The third-order valence-electron chi connectivity index (χ3n) is 2.08. The largest absolute Gasteiger partial charge is 0.394 e.